The number of hydrogen-bond acceptors (Lipinski definition) is 5. The van der Waals surface area contributed by atoms with Crippen molar-refractivity contribution in [3.8, 4) is 0 Å². The van der Waals surface area contributed by atoms with Gasteiger partial charge in [-0.25, -0.2) is 0 Å². The Hall–Kier alpha value is -0.370. The summed E-state index contributed by atoms with van der Waals surface area (Å²) in [6.45, 7) is 12.1. The van der Waals surface area contributed by atoms with Gasteiger partial charge in [0, 0.05) is 11.1 Å². The van der Waals surface area contributed by atoms with E-state index in [4.69, 9.17) is 9.47 Å². The highest BCUT2D eigenvalue weighted by Gasteiger charge is 2.52. The summed E-state index contributed by atoms with van der Waals surface area (Å²) in [4.78, 5) is 26.2. The lowest BCUT2D eigenvalue weighted by molar-refractivity contribution is -0.157. The minimum Gasteiger partial charge on any atom is -0.462 e. The molecule has 1 aliphatic rings. The molecule has 6 heteroatoms. The maximum Gasteiger partial charge on any atom is 0.321 e. The molecule has 0 amide bonds. The van der Waals surface area contributed by atoms with Crippen LogP contribution in [0.3, 0.4) is 0 Å². The molecule has 1 fully saturated rings. The van der Waals surface area contributed by atoms with Gasteiger partial charge in [-0.1, -0.05) is 22.6 Å². The third-order valence-electron chi connectivity index (χ3n) is 4.66. The quantitative estimate of drug-likeness (QED) is 0.294. The highest BCUT2D eigenvalue weighted by Crippen LogP contribution is 2.44. The van der Waals surface area contributed by atoms with E-state index in [2.05, 4.69) is 32.6 Å². The van der Waals surface area contributed by atoms with Crippen molar-refractivity contribution in [1.29, 1.82) is 0 Å². The number of halogens is 1. The molecule has 0 aliphatic carbocycles. The van der Waals surface area contributed by atoms with Crippen molar-refractivity contribution in [2.24, 2.45) is 5.92 Å². The van der Waals surface area contributed by atoms with Crippen LogP contribution >= 0.6 is 22.6 Å². The monoisotopic (exact) mass is 425 g/mol. The molecule has 128 valence electrons. The number of rotatable bonds is 5. The molecule has 0 aromatic rings. The molecule has 1 aliphatic heterocycles. The molecular weight excluding hydrogens is 397 g/mol. The number of esters is 2. The van der Waals surface area contributed by atoms with Gasteiger partial charge in [0.05, 0.1) is 5.92 Å². The van der Waals surface area contributed by atoms with Crippen LogP contribution in [0.1, 0.15) is 48.0 Å². The second-order valence-corrected chi connectivity index (χ2v) is 10.3. The van der Waals surface area contributed by atoms with Gasteiger partial charge in [-0.15, -0.1) is 0 Å². The maximum atomic E-state index is 12.3. The minimum atomic E-state index is -0.568. The summed E-state index contributed by atoms with van der Waals surface area (Å²) in [6.07, 6.45) is 0.760. The summed E-state index contributed by atoms with van der Waals surface area (Å²) in [5.41, 5.74) is -0.285. The fraction of sp³-hybridized carbons (Fsp3) is 0.875. The molecule has 1 heterocycles. The van der Waals surface area contributed by atoms with E-state index in [1.54, 1.807) is 13.8 Å². The predicted molar refractivity (Wildman–Crippen MR) is 94.0 cm³/mol. The Bertz CT molecular complexity index is 440. The van der Waals surface area contributed by atoms with E-state index in [1.807, 2.05) is 29.6 Å². The summed E-state index contributed by atoms with van der Waals surface area (Å²) in [5.74, 6) is -0.692. The van der Waals surface area contributed by atoms with Crippen molar-refractivity contribution in [3.05, 3.63) is 0 Å². The number of hydrogen-bond donors (Lipinski definition) is 0. The van der Waals surface area contributed by atoms with Crippen molar-refractivity contribution in [1.82, 2.24) is 4.90 Å². The summed E-state index contributed by atoms with van der Waals surface area (Å²) in [6, 6.07) is 0. The maximum absolute atomic E-state index is 12.3. The standard InChI is InChI=1S/C16H28INO4/c1-14(2)10-11(16(5,6)18(14)7)12(19)21-8-9-22-13(20)15(3,4)17/h11H,8-10H2,1-7H3. The van der Waals surface area contributed by atoms with Gasteiger partial charge in [-0.3, -0.25) is 14.5 Å². The molecule has 0 spiro atoms. The van der Waals surface area contributed by atoms with Gasteiger partial charge in [0.15, 0.2) is 0 Å². The lowest BCUT2D eigenvalue weighted by Gasteiger charge is -2.37. The molecule has 1 unspecified atom stereocenters. The fourth-order valence-corrected chi connectivity index (χ4v) is 2.98. The molecule has 0 aromatic carbocycles. The van der Waals surface area contributed by atoms with E-state index in [0.29, 0.717) is 0 Å². The van der Waals surface area contributed by atoms with E-state index in [1.165, 1.54) is 0 Å². The van der Waals surface area contributed by atoms with Crippen LogP contribution in [-0.2, 0) is 19.1 Å². The Morgan fingerprint density at radius 2 is 1.68 bits per heavy atom. The zero-order chi connectivity index (χ0) is 17.3. The number of ether oxygens (including phenoxy) is 2. The van der Waals surface area contributed by atoms with E-state index in [0.717, 1.165) is 6.42 Å². The lowest BCUT2D eigenvalue weighted by atomic mass is 9.87. The van der Waals surface area contributed by atoms with Crippen LogP contribution < -0.4 is 0 Å². The average Bonchev–Trinajstić information content (AvgIpc) is 2.53. The highest BCUT2D eigenvalue weighted by molar-refractivity contribution is 14.1. The molecule has 1 atom stereocenters. The van der Waals surface area contributed by atoms with E-state index in [-0.39, 0.29) is 42.1 Å². The Balaban J connectivity index is 2.49. The Labute approximate surface area is 147 Å². The van der Waals surface area contributed by atoms with Crippen LogP contribution in [-0.4, -0.2) is 51.6 Å². The van der Waals surface area contributed by atoms with Crippen LogP contribution in [0.25, 0.3) is 0 Å². The normalized spacial score (nSPS) is 24.1. The largest absolute Gasteiger partial charge is 0.462 e. The predicted octanol–water partition coefficient (Wildman–Crippen LogP) is 2.80. The molecule has 1 saturated heterocycles. The van der Waals surface area contributed by atoms with Crippen molar-refractivity contribution >= 4 is 34.5 Å². The van der Waals surface area contributed by atoms with Gasteiger partial charge in [0.1, 0.15) is 16.6 Å². The van der Waals surface area contributed by atoms with Crippen molar-refractivity contribution < 1.29 is 19.1 Å². The molecule has 0 radical (unpaired) electrons. The van der Waals surface area contributed by atoms with Gasteiger partial charge in [-0.05, 0) is 55.0 Å². The molecule has 0 N–H and O–H groups in total. The van der Waals surface area contributed by atoms with Crippen LogP contribution in [0.5, 0.6) is 0 Å². The topological polar surface area (TPSA) is 55.8 Å². The van der Waals surface area contributed by atoms with E-state index >= 15 is 0 Å². The third kappa shape index (κ3) is 4.34. The SMILES string of the molecule is CN1C(C)(C)CC(C(=O)OCCOC(=O)C(C)(C)I)C1(C)C. The highest BCUT2D eigenvalue weighted by atomic mass is 127. The summed E-state index contributed by atoms with van der Waals surface area (Å²) < 4.78 is 9.85. The van der Waals surface area contributed by atoms with Crippen molar-refractivity contribution in [2.45, 2.75) is 62.5 Å². The first-order valence-electron chi connectivity index (χ1n) is 7.57. The zero-order valence-corrected chi connectivity index (χ0v) is 16.8. The molecule has 0 saturated carbocycles. The summed E-state index contributed by atoms with van der Waals surface area (Å²) in [5, 5.41) is 0. The van der Waals surface area contributed by atoms with Gasteiger partial charge in [0.2, 0.25) is 0 Å². The molecule has 5 nitrogen and oxygen atoms in total. The van der Waals surface area contributed by atoms with E-state index < -0.39 is 3.42 Å². The fourth-order valence-electron chi connectivity index (χ4n) is 2.82. The second-order valence-electron chi connectivity index (χ2n) is 7.56. The van der Waals surface area contributed by atoms with Crippen LogP contribution in [0.15, 0.2) is 0 Å². The first-order chi connectivity index (χ1) is 9.80. The molecule has 0 aromatic heterocycles. The lowest BCUT2D eigenvalue weighted by Crippen LogP contribution is -2.48. The molecule has 22 heavy (non-hydrogen) atoms. The van der Waals surface area contributed by atoms with Crippen molar-refractivity contribution in [2.75, 3.05) is 20.3 Å². The zero-order valence-electron chi connectivity index (χ0n) is 14.7. The van der Waals surface area contributed by atoms with E-state index in [9.17, 15) is 9.59 Å². The van der Waals surface area contributed by atoms with Crippen molar-refractivity contribution in [3.63, 3.8) is 0 Å². The van der Waals surface area contributed by atoms with Gasteiger partial charge in [-0.2, -0.15) is 0 Å². The summed E-state index contributed by atoms with van der Waals surface area (Å²) in [7, 11) is 2.04. The minimum absolute atomic E-state index is 0.0368. The average molecular weight is 425 g/mol. The molecule has 0 bridgehead atoms. The number of carbonyl (C=O) groups is 2. The van der Waals surface area contributed by atoms with Crippen LogP contribution in [0.2, 0.25) is 0 Å². The van der Waals surface area contributed by atoms with Gasteiger partial charge < -0.3 is 9.47 Å². The number of nitrogens with zero attached hydrogens (tertiary/aromatic N) is 1. The summed E-state index contributed by atoms with van der Waals surface area (Å²) >= 11 is 2.02. The Morgan fingerprint density at radius 1 is 1.18 bits per heavy atom. The van der Waals surface area contributed by atoms with Gasteiger partial charge in [0.25, 0.3) is 0 Å². The number of carbonyl (C=O) groups excluding carboxylic acids is 2. The molecular formula is C16H28INO4. The van der Waals surface area contributed by atoms with Crippen LogP contribution in [0, 0.1) is 5.92 Å². The first kappa shape index (κ1) is 19.7. The first-order valence-corrected chi connectivity index (χ1v) is 8.65. The Morgan fingerprint density at radius 3 is 2.09 bits per heavy atom. The Kier molecular flexibility index (Phi) is 5.93. The number of alkyl halides is 1. The van der Waals surface area contributed by atoms with Gasteiger partial charge >= 0.3 is 11.9 Å². The molecule has 1 rings (SSSR count). The smallest absolute Gasteiger partial charge is 0.321 e. The van der Waals surface area contributed by atoms with Crippen LogP contribution in [0.4, 0.5) is 0 Å². The third-order valence-corrected chi connectivity index (χ3v) is 5.10. The number of likely N-dealkylation sites (tertiary alicyclic amines) is 1. The second kappa shape index (κ2) is 6.63.